The molecule has 1 saturated carbocycles. The van der Waals surface area contributed by atoms with Crippen molar-refractivity contribution < 1.29 is 13.6 Å². The van der Waals surface area contributed by atoms with Gasteiger partial charge < -0.3 is 10.9 Å². The van der Waals surface area contributed by atoms with Gasteiger partial charge in [-0.3, -0.25) is 5.10 Å². The van der Waals surface area contributed by atoms with Crippen molar-refractivity contribution in [2.75, 3.05) is 0 Å². The smallest absolute Gasteiger partial charge is 0.245 e. The summed E-state index contributed by atoms with van der Waals surface area (Å²) in [7, 11) is -3.79. The molecular formula is C11H19N5O3S. The molecule has 0 aromatic carbocycles. The van der Waals surface area contributed by atoms with Gasteiger partial charge in [0.05, 0.1) is 16.9 Å². The van der Waals surface area contributed by atoms with Crippen LogP contribution in [0.2, 0.25) is 0 Å². The number of aromatic amines is 1. The van der Waals surface area contributed by atoms with Crippen LogP contribution in [0, 0.1) is 13.8 Å². The van der Waals surface area contributed by atoms with Gasteiger partial charge in [0, 0.05) is 0 Å². The number of oxime groups is 1. The Labute approximate surface area is 117 Å². The topological polar surface area (TPSA) is 133 Å². The van der Waals surface area contributed by atoms with E-state index < -0.39 is 15.6 Å². The van der Waals surface area contributed by atoms with Crippen molar-refractivity contribution in [2.45, 2.75) is 50.0 Å². The number of nitrogens with zero attached hydrogens (tertiary/aromatic N) is 2. The lowest BCUT2D eigenvalue weighted by atomic mass is 9.98. The lowest BCUT2D eigenvalue weighted by Gasteiger charge is -2.28. The van der Waals surface area contributed by atoms with Gasteiger partial charge in [-0.2, -0.15) is 9.82 Å². The summed E-state index contributed by atoms with van der Waals surface area (Å²) in [4.78, 5) is 0.120. The van der Waals surface area contributed by atoms with Crippen LogP contribution in [-0.4, -0.2) is 35.2 Å². The third kappa shape index (κ3) is 2.38. The van der Waals surface area contributed by atoms with Gasteiger partial charge in [0.25, 0.3) is 0 Å². The Balaban J connectivity index is 2.41. The minimum Gasteiger partial charge on any atom is -0.409 e. The van der Waals surface area contributed by atoms with Crippen LogP contribution in [0.5, 0.6) is 0 Å². The number of H-pyrrole nitrogens is 1. The molecule has 5 N–H and O–H groups in total. The van der Waals surface area contributed by atoms with Gasteiger partial charge in [0.1, 0.15) is 4.90 Å². The first-order valence-corrected chi connectivity index (χ1v) is 7.84. The van der Waals surface area contributed by atoms with E-state index in [1.807, 2.05) is 0 Å². The third-order valence-electron chi connectivity index (χ3n) is 3.71. The second-order valence-electron chi connectivity index (χ2n) is 5.14. The summed E-state index contributed by atoms with van der Waals surface area (Å²) in [5.41, 5.74) is 5.54. The van der Waals surface area contributed by atoms with E-state index in [9.17, 15) is 8.42 Å². The fourth-order valence-corrected chi connectivity index (χ4v) is 4.54. The number of nitrogens with one attached hydrogen (secondary N) is 2. The summed E-state index contributed by atoms with van der Waals surface area (Å²) in [6.45, 7) is 3.25. The van der Waals surface area contributed by atoms with Crippen LogP contribution in [0.25, 0.3) is 0 Å². The van der Waals surface area contributed by atoms with Gasteiger partial charge in [-0.05, 0) is 26.7 Å². The first-order valence-electron chi connectivity index (χ1n) is 6.36. The van der Waals surface area contributed by atoms with Gasteiger partial charge in [-0.1, -0.05) is 18.0 Å². The van der Waals surface area contributed by atoms with Crippen LogP contribution in [-0.2, 0) is 10.0 Å². The molecule has 1 aromatic heterocycles. The molecule has 1 aliphatic rings. The first-order chi connectivity index (χ1) is 9.32. The van der Waals surface area contributed by atoms with E-state index in [4.69, 9.17) is 10.9 Å². The number of rotatable bonds is 4. The Morgan fingerprint density at radius 3 is 2.50 bits per heavy atom. The minimum atomic E-state index is -3.79. The Morgan fingerprint density at radius 2 is 2.05 bits per heavy atom. The summed E-state index contributed by atoms with van der Waals surface area (Å²) in [5, 5.41) is 18.4. The van der Waals surface area contributed by atoms with E-state index in [1.165, 1.54) is 0 Å². The Hall–Kier alpha value is -1.61. The fraction of sp³-hybridized carbons (Fsp3) is 0.636. The molecule has 1 fully saturated rings. The van der Waals surface area contributed by atoms with Gasteiger partial charge in [0.2, 0.25) is 10.0 Å². The molecule has 0 aliphatic heterocycles. The lowest BCUT2D eigenvalue weighted by Crippen LogP contribution is -2.55. The van der Waals surface area contributed by atoms with Crippen LogP contribution >= 0.6 is 0 Å². The van der Waals surface area contributed by atoms with Gasteiger partial charge in [-0.25, -0.2) is 8.42 Å². The van der Waals surface area contributed by atoms with Crippen LogP contribution in [0.1, 0.15) is 37.1 Å². The quantitative estimate of drug-likeness (QED) is 0.276. The predicted octanol–water partition coefficient (Wildman–Crippen LogP) is 0.364. The lowest BCUT2D eigenvalue weighted by molar-refractivity contribution is 0.309. The van der Waals surface area contributed by atoms with Crippen molar-refractivity contribution in [3.63, 3.8) is 0 Å². The Kier molecular flexibility index (Phi) is 3.74. The summed E-state index contributed by atoms with van der Waals surface area (Å²) in [6, 6.07) is 0. The van der Waals surface area contributed by atoms with E-state index in [2.05, 4.69) is 20.1 Å². The maximum absolute atomic E-state index is 12.6. The molecule has 1 aromatic rings. The highest BCUT2D eigenvalue weighted by atomic mass is 32.2. The molecular weight excluding hydrogens is 282 g/mol. The molecule has 1 aliphatic carbocycles. The predicted molar refractivity (Wildman–Crippen MR) is 73.0 cm³/mol. The molecule has 0 radical (unpaired) electrons. The molecule has 0 spiro atoms. The van der Waals surface area contributed by atoms with Crippen LogP contribution < -0.4 is 10.5 Å². The minimum absolute atomic E-state index is 0.0997. The first kappa shape index (κ1) is 14.8. The molecule has 2 rings (SSSR count). The molecule has 0 amide bonds. The van der Waals surface area contributed by atoms with E-state index in [-0.39, 0.29) is 10.7 Å². The van der Waals surface area contributed by atoms with Crippen LogP contribution in [0.4, 0.5) is 0 Å². The van der Waals surface area contributed by atoms with Crippen LogP contribution in [0.3, 0.4) is 0 Å². The average molecular weight is 301 g/mol. The Morgan fingerprint density at radius 1 is 1.45 bits per heavy atom. The standard InChI is InChI=1S/C11H19N5O3S/c1-7-9(8(2)14-13-7)20(18,19)16-11(10(12)15-17)5-3-4-6-11/h16-17H,3-6H2,1-2H3,(H2,12,15)(H,13,14). The van der Waals surface area contributed by atoms with E-state index in [0.29, 0.717) is 24.2 Å². The van der Waals surface area contributed by atoms with Gasteiger partial charge in [0.15, 0.2) is 5.84 Å². The highest BCUT2D eigenvalue weighted by Gasteiger charge is 2.43. The van der Waals surface area contributed by atoms with Crippen molar-refractivity contribution in [1.29, 1.82) is 0 Å². The number of nitrogens with two attached hydrogens (primary N) is 1. The monoisotopic (exact) mass is 301 g/mol. The fourth-order valence-electron chi connectivity index (χ4n) is 2.73. The van der Waals surface area contributed by atoms with E-state index in [1.54, 1.807) is 13.8 Å². The molecule has 112 valence electrons. The van der Waals surface area contributed by atoms with Crippen molar-refractivity contribution in [1.82, 2.24) is 14.9 Å². The Bertz CT molecular complexity index is 609. The molecule has 0 unspecified atom stereocenters. The van der Waals surface area contributed by atoms with Gasteiger partial charge in [-0.15, -0.1) is 0 Å². The molecule has 8 nitrogen and oxygen atoms in total. The zero-order valence-corrected chi connectivity index (χ0v) is 12.3. The van der Waals surface area contributed by atoms with E-state index in [0.717, 1.165) is 12.8 Å². The summed E-state index contributed by atoms with van der Waals surface area (Å²) in [5.74, 6) is -0.0997. The normalized spacial score (nSPS) is 19.4. The highest BCUT2D eigenvalue weighted by Crippen LogP contribution is 2.32. The van der Waals surface area contributed by atoms with E-state index >= 15 is 0 Å². The number of aromatic nitrogens is 2. The number of hydrogen-bond donors (Lipinski definition) is 4. The summed E-state index contributed by atoms with van der Waals surface area (Å²) >= 11 is 0. The number of amidine groups is 1. The molecule has 0 saturated heterocycles. The second-order valence-corrected chi connectivity index (χ2v) is 6.76. The third-order valence-corrected chi connectivity index (χ3v) is 5.51. The van der Waals surface area contributed by atoms with Crippen molar-refractivity contribution in [3.8, 4) is 0 Å². The maximum Gasteiger partial charge on any atom is 0.245 e. The number of hydrogen-bond acceptors (Lipinski definition) is 5. The summed E-state index contributed by atoms with van der Waals surface area (Å²) < 4.78 is 27.7. The SMILES string of the molecule is Cc1n[nH]c(C)c1S(=O)(=O)NC1(/C(N)=N/O)CCCC1. The molecule has 9 heteroatoms. The van der Waals surface area contributed by atoms with Crippen molar-refractivity contribution >= 4 is 15.9 Å². The number of aryl methyl sites for hydroxylation is 2. The summed E-state index contributed by atoms with van der Waals surface area (Å²) in [6.07, 6.45) is 2.67. The average Bonchev–Trinajstić information content (AvgIpc) is 2.96. The maximum atomic E-state index is 12.6. The molecule has 1 heterocycles. The van der Waals surface area contributed by atoms with Crippen molar-refractivity contribution in [3.05, 3.63) is 11.4 Å². The number of sulfonamides is 1. The molecule has 0 atom stereocenters. The molecule has 0 bridgehead atoms. The zero-order chi connectivity index (χ0) is 15.0. The second kappa shape index (κ2) is 5.06. The largest absolute Gasteiger partial charge is 0.409 e. The highest BCUT2D eigenvalue weighted by molar-refractivity contribution is 7.89. The van der Waals surface area contributed by atoms with Crippen molar-refractivity contribution in [2.24, 2.45) is 10.9 Å². The van der Waals surface area contributed by atoms with Gasteiger partial charge >= 0.3 is 0 Å². The van der Waals surface area contributed by atoms with Crippen LogP contribution in [0.15, 0.2) is 10.1 Å². The molecule has 20 heavy (non-hydrogen) atoms. The zero-order valence-electron chi connectivity index (χ0n) is 11.5.